The third-order valence-electron chi connectivity index (χ3n) is 6.01. The van der Waals surface area contributed by atoms with Crippen molar-refractivity contribution in [1.29, 1.82) is 0 Å². The average Bonchev–Trinajstić information content (AvgIpc) is 2.76. The summed E-state index contributed by atoms with van der Waals surface area (Å²) in [6.07, 6.45) is 3.89. The zero-order valence-electron chi connectivity index (χ0n) is 17.6. The smallest absolute Gasteiger partial charge is 0.165 e. The first-order chi connectivity index (χ1) is 14.5. The standard InChI is InChI=1S/C24H27ClFN3O/c1-15(2)29-11-8-16(9-12-29)17-13-18-20(7-10-27-22(18)14-23(17)30-3)28-21-6-4-5-19(25)24(21)26/h4-7,10,13-16H,8-9,11-12H2,1-3H3,(H,27,28). The van der Waals surface area contributed by atoms with Crippen LogP contribution >= 0.6 is 11.6 Å². The molecule has 4 nitrogen and oxygen atoms in total. The van der Waals surface area contributed by atoms with Crippen LogP contribution in [-0.2, 0) is 0 Å². The minimum atomic E-state index is -0.459. The van der Waals surface area contributed by atoms with E-state index in [2.05, 4.69) is 35.1 Å². The number of nitrogens with one attached hydrogen (secondary N) is 1. The summed E-state index contributed by atoms with van der Waals surface area (Å²) in [6.45, 7) is 6.65. The van der Waals surface area contributed by atoms with Gasteiger partial charge in [0.15, 0.2) is 5.82 Å². The molecule has 1 aliphatic rings. The van der Waals surface area contributed by atoms with Gasteiger partial charge in [0.1, 0.15) is 5.75 Å². The van der Waals surface area contributed by atoms with Crippen LogP contribution in [-0.4, -0.2) is 36.1 Å². The van der Waals surface area contributed by atoms with Crippen LogP contribution in [0.3, 0.4) is 0 Å². The molecular formula is C24H27ClFN3O. The number of anilines is 2. The molecule has 0 unspecified atom stereocenters. The highest BCUT2D eigenvalue weighted by Crippen LogP contribution is 2.39. The average molecular weight is 428 g/mol. The lowest BCUT2D eigenvalue weighted by molar-refractivity contribution is 0.171. The number of halogens is 2. The number of hydrogen-bond acceptors (Lipinski definition) is 4. The number of fused-ring (bicyclic) bond motifs is 1. The molecule has 0 radical (unpaired) electrons. The number of piperidine rings is 1. The molecule has 0 saturated carbocycles. The summed E-state index contributed by atoms with van der Waals surface area (Å²) in [6, 6.07) is 11.5. The zero-order chi connectivity index (χ0) is 21.3. The number of benzene rings is 2. The van der Waals surface area contributed by atoms with E-state index in [-0.39, 0.29) is 5.02 Å². The van der Waals surface area contributed by atoms with Crippen molar-refractivity contribution < 1.29 is 9.13 Å². The molecule has 0 atom stereocenters. The van der Waals surface area contributed by atoms with E-state index in [1.54, 1.807) is 31.5 Å². The van der Waals surface area contributed by atoms with Gasteiger partial charge in [-0.1, -0.05) is 17.7 Å². The third-order valence-corrected chi connectivity index (χ3v) is 6.31. The van der Waals surface area contributed by atoms with Crippen LogP contribution in [0, 0.1) is 5.82 Å². The van der Waals surface area contributed by atoms with Crippen LogP contribution in [0.25, 0.3) is 10.9 Å². The number of aromatic nitrogens is 1. The molecule has 4 rings (SSSR count). The molecule has 0 aliphatic carbocycles. The van der Waals surface area contributed by atoms with Gasteiger partial charge in [0.05, 0.1) is 23.3 Å². The maximum atomic E-state index is 14.4. The van der Waals surface area contributed by atoms with E-state index in [0.717, 1.165) is 48.3 Å². The zero-order valence-corrected chi connectivity index (χ0v) is 18.3. The van der Waals surface area contributed by atoms with Crippen molar-refractivity contribution in [2.45, 2.75) is 38.6 Å². The molecule has 0 bridgehead atoms. The molecular weight excluding hydrogens is 401 g/mol. The van der Waals surface area contributed by atoms with E-state index in [1.165, 1.54) is 5.56 Å². The van der Waals surface area contributed by atoms with Gasteiger partial charge in [0, 0.05) is 29.4 Å². The largest absolute Gasteiger partial charge is 0.496 e. The molecule has 2 aromatic carbocycles. The van der Waals surface area contributed by atoms with Crippen molar-refractivity contribution in [1.82, 2.24) is 9.88 Å². The fourth-order valence-electron chi connectivity index (χ4n) is 4.27. The van der Waals surface area contributed by atoms with Crippen LogP contribution in [0.1, 0.15) is 38.2 Å². The first-order valence-corrected chi connectivity index (χ1v) is 10.8. The van der Waals surface area contributed by atoms with E-state index in [4.69, 9.17) is 16.3 Å². The summed E-state index contributed by atoms with van der Waals surface area (Å²) in [5.74, 6) is 0.832. The maximum absolute atomic E-state index is 14.4. The van der Waals surface area contributed by atoms with Crippen LogP contribution in [0.4, 0.5) is 15.8 Å². The van der Waals surface area contributed by atoms with Gasteiger partial charge in [-0.15, -0.1) is 0 Å². The molecule has 0 amide bonds. The second-order valence-electron chi connectivity index (χ2n) is 8.10. The highest BCUT2D eigenvalue weighted by Gasteiger charge is 2.25. The predicted molar refractivity (Wildman–Crippen MR) is 122 cm³/mol. The molecule has 1 fully saturated rings. The Kier molecular flexibility index (Phi) is 6.11. The Morgan fingerprint density at radius 2 is 1.93 bits per heavy atom. The SMILES string of the molecule is COc1cc2nccc(Nc3cccc(Cl)c3F)c2cc1C1CCN(C(C)C)CC1. The molecule has 30 heavy (non-hydrogen) atoms. The van der Waals surface area contributed by atoms with E-state index in [0.29, 0.717) is 17.6 Å². The van der Waals surface area contributed by atoms with E-state index in [9.17, 15) is 4.39 Å². The van der Waals surface area contributed by atoms with Crippen molar-refractivity contribution >= 4 is 33.9 Å². The summed E-state index contributed by atoms with van der Waals surface area (Å²) in [7, 11) is 1.71. The van der Waals surface area contributed by atoms with Crippen molar-refractivity contribution in [3.05, 3.63) is 59.0 Å². The molecule has 2 heterocycles. The van der Waals surface area contributed by atoms with Gasteiger partial charge in [-0.2, -0.15) is 0 Å². The van der Waals surface area contributed by atoms with E-state index >= 15 is 0 Å². The summed E-state index contributed by atoms with van der Waals surface area (Å²) in [5, 5.41) is 4.24. The lowest BCUT2D eigenvalue weighted by Gasteiger charge is -2.35. The van der Waals surface area contributed by atoms with Crippen molar-refractivity contribution in [2.75, 3.05) is 25.5 Å². The van der Waals surface area contributed by atoms with Crippen LogP contribution < -0.4 is 10.1 Å². The highest BCUT2D eigenvalue weighted by atomic mass is 35.5. The van der Waals surface area contributed by atoms with Gasteiger partial charge in [-0.3, -0.25) is 4.98 Å². The second-order valence-corrected chi connectivity index (χ2v) is 8.51. The Morgan fingerprint density at radius 1 is 1.17 bits per heavy atom. The summed E-state index contributed by atoms with van der Waals surface area (Å²) in [4.78, 5) is 7.02. The first-order valence-electron chi connectivity index (χ1n) is 10.4. The molecule has 1 aromatic heterocycles. The summed E-state index contributed by atoms with van der Waals surface area (Å²) >= 11 is 5.95. The number of hydrogen-bond donors (Lipinski definition) is 1. The summed E-state index contributed by atoms with van der Waals surface area (Å²) < 4.78 is 20.2. The lowest BCUT2D eigenvalue weighted by atomic mass is 9.87. The number of nitrogens with zero attached hydrogens (tertiary/aromatic N) is 2. The van der Waals surface area contributed by atoms with E-state index < -0.39 is 5.82 Å². The number of rotatable bonds is 5. The van der Waals surface area contributed by atoms with Gasteiger partial charge in [0.2, 0.25) is 0 Å². The van der Waals surface area contributed by atoms with Crippen molar-refractivity contribution in [2.24, 2.45) is 0 Å². The van der Waals surface area contributed by atoms with Gasteiger partial charge in [0.25, 0.3) is 0 Å². The fourth-order valence-corrected chi connectivity index (χ4v) is 4.44. The molecule has 158 valence electrons. The fraction of sp³-hybridized carbons (Fsp3) is 0.375. The molecule has 3 aromatic rings. The number of ether oxygens (including phenoxy) is 1. The Hall–Kier alpha value is -2.37. The van der Waals surface area contributed by atoms with Gasteiger partial charge < -0.3 is 15.0 Å². The van der Waals surface area contributed by atoms with Gasteiger partial charge in [-0.25, -0.2) is 4.39 Å². The van der Waals surface area contributed by atoms with Gasteiger partial charge >= 0.3 is 0 Å². The minimum Gasteiger partial charge on any atom is -0.496 e. The Morgan fingerprint density at radius 3 is 2.63 bits per heavy atom. The van der Waals surface area contributed by atoms with Gasteiger partial charge in [-0.05, 0) is 75.5 Å². The monoisotopic (exact) mass is 427 g/mol. The van der Waals surface area contributed by atoms with Crippen LogP contribution in [0.5, 0.6) is 5.75 Å². The van der Waals surface area contributed by atoms with Crippen LogP contribution in [0.2, 0.25) is 5.02 Å². The third kappa shape index (κ3) is 4.09. The quantitative estimate of drug-likeness (QED) is 0.513. The topological polar surface area (TPSA) is 37.4 Å². The summed E-state index contributed by atoms with van der Waals surface area (Å²) in [5.41, 5.74) is 3.14. The predicted octanol–water partition coefficient (Wildman–Crippen LogP) is 6.37. The Bertz CT molecular complexity index is 1050. The second kappa shape index (κ2) is 8.78. The number of pyridine rings is 1. The Balaban J connectivity index is 1.72. The van der Waals surface area contributed by atoms with Crippen LogP contribution in [0.15, 0.2) is 42.6 Å². The maximum Gasteiger partial charge on any atom is 0.165 e. The number of likely N-dealkylation sites (tertiary alicyclic amines) is 1. The number of methoxy groups -OCH3 is 1. The molecule has 6 heteroatoms. The molecule has 0 spiro atoms. The highest BCUT2D eigenvalue weighted by molar-refractivity contribution is 6.31. The van der Waals surface area contributed by atoms with Crippen molar-refractivity contribution in [3.63, 3.8) is 0 Å². The first kappa shape index (κ1) is 20.9. The lowest BCUT2D eigenvalue weighted by Crippen LogP contribution is -2.37. The minimum absolute atomic E-state index is 0.0950. The molecule has 1 saturated heterocycles. The normalized spacial score (nSPS) is 15.7. The molecule has 1 aliphatic heterocycles. The van der Waals surface area contributed by atoms with Crippen molar-refractivity contribution in [3.8, 4) is 5.75 Å². The Labute approximate surface area is 182 Å². The van der Waals surface area contributed by atoms with E-state index in [1.807, 2.05) is 12.1 Å². The molecule has 1 N–H and O–H groups in total.